The van der Waals surface area contributed by atoms with Crippen molar-refractivity contribution in [1.29, 1.82) is 0 Å². The Labute approximate surface area is 103 Å². The molecular formula is C14H20N2O. The SMILES string of the molecule is Cc1ccccc1C(C)NCC1CCC(=O)N1. The summed E-state index contributed by atoms with van der Waals surface area (Å²) in [6.07, 6.45) is 1.62. The van der Waals surface area contributed by atoms with E-state index in [1.807, 2.05) is 0 Å². The number of carbonyl (C=O) groups is 1. The maximum atomic E-state index is 11.1. The van der Waals surface area contributed by atoms with E-state index in [4.69, 9.17) is 0 Å². The first-order valence-corrected chi connectivity index (χ1v) is 6.25. The van der Waals surface area contributed by atoms with Gasteiger partial charge in [0.15, 0.2) is 0 Å². The molecular weight excluding hydrogens is 212 g/mol. The highest BCUT2D eigenvalue weighted by Crippen LogP contribution is 2.17. The first-order chi connectivity index (χ1) is 8.16. The Morgan fingerprint density at radius 1 is 1.47 bits per heavy atom. The van der Waals surface area contributed by atoms with Crippen molar-refractivity contribution in [1.82, 2.24) is 10.6 Å². The molecule has 2 rings (SSSR count). The molecule has 2 atom stereocenters. The number of benzene rings is 1. The number of rotatable bonds is 4. The van der Waals surface area contributed by atoms with Crippen LogP contribution in [0, 0.1) is 6.92 Å². The zero-order valence-corrected chi connectivity index (χ0v) is 10.5. The van der Waals surface area contributed by atoms with Crippen molar-refractivity contribution in [3.63, 3.8) is 0 Å². The minimum atomic E-state index is 0.181. The summed E-state index contributed by atoms with van der Waals surface area (Å²) in [5.74, 6) is 0.181. The summed E-state index contributed by atoms with van der Waals surface area (Å²) in [5, 5.41) is 6.46. The van der Waals surface area contributed by atoms with Crippen molar-refractivity contribution in [3.8, 4) is 0 Å². The molecule has 3 heteroatoms. The molecule has 1 amide bonds. The summed E-state index contributed by atoms with van der Waals surface area (Å²) in [6.45, 7) is 5.14. The standard InChI is InChI=1S/C14H20N2O/c1-10-5-3-4-6-13(10)11(2)15-9-12-7-8-14(17)16-12/h3-6,11-12,15H,7-9H2,1-2H3,(H,16,17). The van der Waals surface area contributed by atoms with Crippen LogP contribution in [0.15, 0.2) is 24.3 Å². The van der Waals surface area contributed by atoms with E-state index in [0.29, 0.717) is 18.5 Å². The zero-order valence-electron chi connectivity index (χ0n) is 10.5. The molecule has 92 valence electrons. The van der Waals surface area contributed by atoms with Gasteiger partial charge in [-0.25, -0.2) is 0 Å². The van der Waals surface area contributed by atoms with Crippen LogP contribution < -0.4 is 10.6 Å². The Morgan fingerprint density at radius 2 is 2.24 bits per heavy atom. The van der Waals surface area contributed by atoms with Gasteiger partial charge in [0, 0.05) is 25.0 Å². The highest BCUT2D eigenvalue weighted by molar-refractivity contribution is 5.78. The zero-order chi connectivity index (χ0) is 12.3. The summed E-state index contributed by atoms with van der Waals surface area (Å²) in [6, 6.07) is 9.04. The maximum Gasteiger partial charge on any atom is 0.220 e. The van der Waals surface area contributed by atoms with E-state index in [2.05, 4.69) is 48.7 Å². The number of nitrogens with one attached hydrogen (secondary N) is 2. The summed E-state index contributed by atoms with van der Waals surface area (Å²) < 4.78 is 0. The van der Waals surface area contributed by atoms with Gasteiger partial charge >= 0.3 is 0 Å². The molecule has 1 aromatic rings. The van der Waals surface area contributed by atoms with E-state index in [1.54, 1.807) is 0 Å². The van der Waals surface area contributed by atoms with E-state index in [0.717, 1.165) is 13.0 Å². The van der Waals surface area contributed by atoms with Gasteiger partial charge in [-0.05, 0) is 31.4 Å². The molecule has 1 heterocycles. The summed E-state index contributed by atoms with van der Waals surface area (Å²) in [4.78, 5) is 11.1. The van der Waals surface area contributed by atoms with Crippen LogP contribution in [0.4, 0.5) is 0 Å². The van der Waals surface area contributed by atoms with Gasteiger partial charge in [-0.15, -0.1) is 0 Å². The number of hydrogen-bond donors (Lipinski definition) is 2. The largest absolute Gasteiger partial charge is 0.352 e. The smallest absolute Gasteiger partial charge is 0.220 e. The Kier molecular flexibility index (Phi) is 3.79. The molecule has 1 fully saturated rings. The van der Waals surface area contributed by atoms with Crippen LogP contribution in [0.25, 0.3) is 0 Å². The van der Waals surface area contributed by atoms with Crippen molar-refractivity contribution >= 4 is 5.91 Å². The second-order valence-corrected chi connectivity index (χ2v) is 4.79. The maximum absolute atomic E-state index is 11.1. The first-order valence-electron chi connectivity index (χ1n) is 6.25. The number of hydrogen-bond acceptors (Lipinski definition) is 2. The molecule has 1 aromatic carbocycles. The summed E-state index contributed by atoms with van der Waals surface area (Å²) in [5.41, 5.74) is 2.64. The van der Waals surface area contributed by atoms with Crippen molar-refractivity contribution < 1.29 is 4.79 Å². The molecule has 0 aliphatic carbocycles. The molecule has 17 heavy (non-hydrogen) atoms. The fourth-order valence-electron chi connectivity index (χ4n) is 2.33. The third-order valence-electron chi connectivity index (χ3n) is 3.41. The Bertz CT molecular complexity index is 403. The van der Waals surface area contributed by atoms with Crippen molar-refractivity contribution in [2.75, 3.05) is 6.54 Å². The number of aryl methyl sites for hydroxylation is 1. The highest BCUT2D eigenvalue weighted by Gasteiger charge is 2.20. The molecule has 0 radical (unpaired) electrons. The molecule has 2 N–H and O–H groups in total. The number of amides is 1. The van der Waals surface area contributed by atoms with Crippen LogP contribution in [0.1, 0.15) is 36.9 Å². The normalized spacial score (nSPS) is 21.3. The molecule has 0 spiro atoms. The molecule has 1 saturated heterocycles. The molecule has 0 aromatic heterocycles. The lowest BCUT2D eigenvalue weighted by molar-refractivity contribution is -0.119. The number of carbonyl (C=O) groups excluding carboxylic acids is 1. The average Bonchev–Trinajstić information content (AvgIpc) is 2.73. The van der Waals surface area contributed by atoms with Crippen LogP contribution >= 0.6 is 0 Å². The predicted octanol–water partition coefficient (Wildman–Crippen LogP) is 1.92. The molecule has 0 bridgehead atoms. The molecule has 2 unspecified atom stereocenters. The summed E-state index contributed by atoms with van der Waals surface area (Å²) in [7, 11) is 0. The summed E-state index contributed by atoms with van der Waals surface area (Å²) >= 11 is 0. The van der Waals surface area contributed by atoms with Crippen LogP contribution in [0.2, 0.25) is 0 Å². The second kappa shape index (κ2) is 5.32. The van der Waals surface area contributed by atoms with Gasteiger partial charge in [0.2, 0.25) is 5.91 Å². The second-order valence-electron chi connectivity index (χ2n) is 4.79. The Morgan fingerprint density at radius 3 is 2.88 bits per heavy atom. The van der Waals surface area contributed by atoms with Gasteiger partial charge in [0.05, 0.1) is 0 Å². The fourth-order valence-corrected chi connectivity index (χ4v) is 2.33. The van der Waals surface area contributed by atoms with Gasteiger partial charge in [0.1, 0.15) is 0 Å². The van der Waals surface area contributed by atoms with E-state index in [-0.39, 0.29) is 5.91 Å². The van der Waals surface area contributed by atoms with Gasteiger partial charge in [-0.3, -0.25) is 4.79 Å². The lowest BCUT2D eigenvalue weighted by atomic mass is 10.0. The van der Waals surface area contributed by atoms with Gasteiger partial charge < -0.3 is 10.6 Å². The Hall–Kier alpha value is -1.35. The van der Waals surface area contributed by atoms with Gasteiger partial charge in [0.25, 0.3) is 0 Å². The average molecular weight is 232 g/mol. The van der Waals surface area contributed by atoms with Gasteiger partial charge in [-0.2, -0.15) is 0 Å². The first kappa shape index (κ1) is 12.1. The third-order valence-corrected chi connectivity index (χ3v) is 3.41. The van der Waals surface area contributed by atoms with Crippen LogP contribution in [-0.4, -0.2) is 18.5 Å². The lowest BCUT2D eigenvalue weighted by Gasteiger charge is -2.19. The third kappa shape index (κ3) is 3.07. The molecule has 1 aliphatic heterocycles. The van der Waals surface area contributed by atoms with Crippen LogP contribution in [0.3, 0.4) is 0 Å². The van der Waals surface area contributed by atoms with Crippen LogP contribution in [0.5, 0.6) is 0 Å². The van der Waals surface area contributed by atoms with E-state index >= 15 is 0 Å². The highest BCUT2D eigenvalue weighted by atomic mass is 16.1. The molecule has 3 nitrogen and oxygen atoms in total. The van der Waals surface area contributed by atoms with E-state index in [1.165, 1.54) is 11.1 Å². The Balaban J connectivity index is 1.87. The topological polar surface area (TPSA) is 41.1 Å². The van der Waals surface area contributed by atoms with E-state index in [9.17, 15) is 4.79 Å². The van der Waals surface area contributed by atoms with Gasteiger partial charge in [-0.1, -0.05) is 24.3 Å². The van der Waals surface area contributed by atoms with Crippen LogP contribution in [-0.2, 0) is 4.79 Å². The minimum Gasteiger partial charge on any atom is -0.352 e. The molecule has 1 aliphatic rings. The lowest BCUT2D eigenvalue weighted by Crippen LogP contribution is -2.36. The van der Waals surface area contributed by atoms with Crippen molar-refractivity contribution in [2.45, 2.75) is 38.8 Å². The molecule has 0 saturated carbocycles. The fraction of sp³-hybridized carbons (Fsp3) is 0.500. The minimum absolute atomic E-state index is 0.181. The quantitative estimate of drug-likeness (QED) is 0.832. The predicted molar refractivity (Wildman–Crippen MR) is 68.8 cm³/mol. The monoisotopic (exact) mass is 232 g/mol. The van der Waals surface area contributed by atoms with E-state index < -0.39 is 0 Å². The van der Waals surface area contributed by atoms with Crippen molar-refractivity contribution in [3.05, 3.63) is 35.4 Å². The van der Waals surface area contributed by atoms with Crippen molar-refractivity contribution in [2.24, 2.45) is 0 Å².